The lowest BCUT2D eigenvalue weighted by Gasteiger charge is -2.20. The van der Waals surface area contributed by atoms with Gasteiger partial charge in [0, 0.05) is 44.9 Å². The molecule has 3 aromatic rings. The number of hydrogen-bond donors (Lipinski definition) is 2. The van der Waals surface area contributed by atoms with Gasteiger partial charge in [0.15, 0.2) is 5.96 Å². The Hall–Kier alpha value is -3.08. The lowest BCUT2D eigenvalue weighted by Crippen LogP contribution is -2.39. The highest BCUT2D eigenvalue weighted by Crippen LogP contribution is 2.20. The second-order valence-corrected chi connectivity index (χ2v) is 6.63. The van der Waals surface area contributed by atoms with Crippen LogP contribution in [0.5, 0.6) is 0 Å². The van der Waals surface area contributed by atoms with Crippen molar-refractivity contribution in [1.82, 2.24) is 20.4 Å². The standard InChI is InChI=1S/C22H27N5/c1-23-22(24-14-19-15-26-27(2)17-19)25-16-21(20-11-7-4-8-12-20)13-18-9-5-3-6-10-18/h3-12,15,17,21H,13-14,16H2,1-2H3,(H2,23,24,25). The highest BCUT2D eigenvalue weighted by molar-refractivity contribution is 5.79. The fourth-order valence-corrected chi connectivity index (χ4v) is 3.12. The third-order valence-electron chi connectivity index (χ3n) is 4.55. The van der Waals surface area contributed by atoms with Crippen molar-refractivity contribution in [2.24, 2.45) is 12.0 Å². The van der Waals surface area contributed by atoms with E-state index in [2.05, 4.69) is 81.4 Å². The first-order valence-electron chi connectivity index (χ1n) is 9.25. The van der Waals surface area contributed by atoms with E-state index in [4.69, 9.17) is 0 Å². The molecule has 0 aliphatic carbocycles. The van der Waals surface area contributed by atoms with Gasteiger partial charge >= 0.3 is 0 Å². The minimum Gasteiger partial charge on any atom is -0.356 e. The number of aromatic nitrogens is 2. The zero-order valence-corrected chi connectivity index (χ0v) is 16.0. The molecular formula is C22H27N5. The van der Waals surface area contributed by atoms with Crippen LogP contribution in [-0.2, 0) is 20.0 Å². The molecule has 0 spiro atoms. The Morgan fingerprint density at radius 3 is 2.33 bits per heavy atom. The third-order valence-corrected chi connectivity index (χ3v) is 4.55. The first-order chi connectivity index (χ1) is 13.2. The molecule has 0 saturated heterocycles. The molecular weight excluding hydrogens is 334 g/mol. The number of benzene rings is 2. The molecule has 0 amide bonds. The number of rotatable bonds is 7. The van der Waals surface area contributed by atoms with Crippen LogP contribution in [0.4, 0.5) is 0 Å². The van der Waals surface area contributed by atoms with Crippen molar-refractivity contribution in [2.75, 3.05) is 13.6 Å². The summed E-state index contributed by atoms with van der Waals surface area (Å²) in [6, 6.07) is 21.3. The molecule has 140 valence electrons. The van der Waals surface area contributed by atoms with E-state index >= 15 is 0 Å². The first-order valence-corrected chi connectivity index (χ1v) is 9.25. The van der Waals surface area contributed by atoms with Gasteiger partial charge in [-0.15, -0.1) is 0 Å². The number of nitrogens with zero attached hydrogens (tertiary/aromatic N) is 3. The summed E-state index contributed by atoms with van der Waals surface area (Å²) in [7, 11) is 3.72. The molecule has 2 aromatic carbocycles. The zero-order chi connectivity index (χ0) is 18.9. The SMILES string of the molecule is CN=C(NCc1cnn(C)c1)NCC(Cc1ccccc1)c1ccccc1. The maximum absolute atomic E-state index is 4.35. The number of guanidine groups is 1. The molecule has 0 bridgehead atoms. The van der Waals surface area contributed by atoms with Gasteiger partial charge in [0.2, 0.25) is 0 Å². The van der Waals surface area contributed by atoms with Crippen molar-refractivity contribution in [2.45, 2.75) is 18.9 Å². The van der Waals surface area contributed by atoms with Crippen LogP contribution in [0.15, 0.2) is 78.0 Å². The average Bonchev–Trinajstić information content (AvgIpc) is 3.13. The summed E-state index contributed by atoms with van der Waals surface area (Å²) in [4.78, 5) is 4.35. The van der Waals surface area contributed by atoms with Crippen LogP contribution in [-0.4, -0.2) is 29.3 Å². The lowest BCUT2D eigenvalue weighted by molar-refractivity contribution is 0.644. The van der Waals surface area contributed by atoms with Gasteiger partial charge in [-0.05, 0) is 17.5 Å². The molecule has 1 atom stereocenters. The van der Waals surface area contributed by atoms with E-state index in [9.17, 15) is 0 Å². The van der Waals surface area contributed by atoms with Crippen molar-refractivity contribution in [1.29, 1.82) is 0 Å². The fourth-order valence-electron chi connectivity index (χ4n) is 3.12. The minimum atomic E-state index is 0.366. The van der Waals surface area contributed by atoms with Gasteiger partial charge < -0.3 is 10.6 Å². The van der Waals surface area contributed by atoms with Crippen LogP contribution in [0, 0.1) is 0 Å². The van der Waals surface area contributed by atoms with Crippen LogP contribution in [0.3, 0.4) is 0 Å². The number of nitrogens with one attached hydrogen (secondary N) is 2. The predicted octanol–water partition coefficient (Wildman–Crippen LogP) is 3.11. The molecule has 1 unspecified atom stereocenters. The van der Waals surface area contributed by atoms with Crippen molar-refractivity contribution in [3.05, 3.63) is 89.7 Å². The largest absolute Gasteiger partial charge is 0.356 e. The highest BCUT2D eigenvalue weighted by Gasteiger charge is 2.13. The molecule has 1 heterocycles. The molecule has 0 fully saturated rings. The summed E-state index contributed by atoms with van der Waals surface area (Å²) in [6.07, 6.45) is 4.85. The summed E-state index contributed by atoms with van der Waals surface area (Å²) in [5, 5.41) is 11.0. The van der Waals surface area contributed by atoms with Crippen molar-refractivity contribution < 1.29 is 0 Å². The second kappa shape index (κ2) is 9.57. The van der Waals surface area contributed by atoms with Crippen molar-refractivity contribution in [3.8, 4) is 0 Å². The van der Waals surface area contributed by atoms with Gasteiger partial charge in [0.1, 0.15) is 0 Å². The van der Waals surface area contributed by atoms with Crippen LogP contribution < -0.4 is 10.6 Å². The van der Waals surface area contributed by atoms with E-state index in [0.717, 1.165) is 24.5 Å². The van der Waals surface area contributed by atoms with E-state index in [1.807, 2.05) is 19.4 Å². The van der Waals surface area contributed by atoms with E-state index < -0.39 is 0 Å². The number of aliphatic imine (C=N–C) groups is 1. The number of aryl methyl sites for hydroxylation is 1. The smallest absolute Gasteiger partial charge is 0.191 e. The van der Waals surface area contributed by atoms with Crippen molar-refractivity contribution in [3.63, 3.8) is 0 Å². The Morgan fingerprint density at radius 2 is 1.70 bits per heavy atom. The molecule has 27 heavy (non-hydrogen) atoms. The molecule has 2 N–H and O–H groups in total. The van der Waals surface area contributed by atoms with E-state index in [1.165, 1.54) is 11.1 Å². The van der Waals surface area contributed by atoms with Gasteiger partial charge in [-0.1, -0.05) is 60.7 Å². The topological polar surface area (TPSA) is 54.2 Å². The third kappa shape index (κ3) is 5.71. The summed E-state index contributed by atoms with van der Waals surface area (Å²) in [5.41, 5.74) is 3.80. The fraction of sp³-hybridized carbons (Fsp3) is 0.273. The van der Waals surface area contributed by atoms with Gasteiger partial charge in [0.25, 0.3) is 0 Å². The van der Waals surface area contributed by atoms with Gasteiger partial charge in [-0.2, -0.15) is 5.10 Å². The maximum Gasteiger partial charge on any atom is 0.191 e. The maximum atomic E-state index is 4.35. The first kappa shape index (κ1) is 18.7. The Bertz CT molecular complexity index is 839. The number of hydrogen-bond acceptors (Lipinski definition) is 2. The summed E-state index contributed by atoms with van der Waals surface area (Å²) in [5.74, 6) is 1.17. The van der Waals surface area contributed by atoms with Crippen LogP contribution >= 0.6 is 0 Å². The summed E-state index contributed by atoms with van der Waals surface area (Å²) in [6.45, 7) is 1.51. The molecule has 5 heteroatoms. The zero-order valence-electron chi connectivity index (χ0n) is 16.0. The second-order valence-electron chi connectivity index (χ2n) is 6.63. The normalized spacial score (nSPS) is 12.6. The Balaban J connectivity index is 1.62. The molecule has 5 nitrogen and oxygen atoms in total. The Morgan fingerprint density at radius 1 is 1.00 bits per heavy atom. The van der Waals surface area contributed by atoms with Gasteiger partial charge in [0.05, 0.1) is 6.20 Å². The highest BCUT2D eigenvalue weighted by atomic mass is 15.2. The van der Waals surface area contributed by atoms with Crippen molar-refractivity contribution >= 4 is 5.96 Å². The summed E-state index contributed by atoms with van der Waals surface area (Å²) >= 11 is 0. The van der Waals surface area contributed by atoms with E-state index in [1.54, 1.807) is 11.7 Å². The van der Waals surface area contributed by atoms with Gasteiger partial charge in [-0.25, -0.2) is 0 Å². The lowest BCUT2D eigenvalue weighted by atomic mass is 9.92. The van der Waals surface area contributed by atoms with Crippen LogP contribution in [0.25, 0.3) is 0 Å². The molecule has 3 rings (SSSR count). The monoisotopic (exact) mass is 361 g/mol. The van der Waals surface area contributed by atoms with E-state index in [0.29, 0.717) is 12.5 Å². The van der Waals surface area contributed by atoms with E-state index in [-0.39, 0.29) is 0 Å². The van der Waals surface area contributed by atoms with Crippen LogP contribution in [0.2, 0.25) is 0 Å². The molecule has 1 aromatic heterocycles. The molecule has 0 radical (unpaired) electrons. The minimum absolute atomic E-state index is 0.366. The van der Waals surface area contributed by atoms with Crippen LogP contribution in [0.1, 0.15) is 22.6 Å². The average molecular weight is 361 g/mol. The molecule has 0 aliphatic rings. The molecule has 0 aliphatic heterocycles. The predicted molar refractivity (Wildman–Crippen MR) is 111 cm³/mol. The Labute approximate surface area is 161 Å². The Kier molecular flexibility index (Phi) is 6.63. The molecule has 0 saturated carbocycles. The quantitative estimate of drug-likeness (QED) is 0.502. The van der Waals surface area contributed by atoms with Gasteiger partial charge in [-0.3, -0.25) is 9.67 Å². The summed E-state index contributed by atoms with van der Waals surface area (Å²) < 4.78 is 1.80.